The van der Waals surface area contributed by atoms with Crippen LogP contribution in [0.2, 0.25) is 5.02 Å². The molecule has 132 valence electrons. The molecule has 11 heteroatoms. The molecule has 0 saturated carbocycles. The number of nitrogens with zero attached hydrogens (tertiary/aromatic N) is 1. The van der Waals surface area contributed by atoms with Crippen molar-refractivity contribution in [2.24, 2.45) is 0 Å². The molecule has 0 spiro atoms. The first-order valence-corrected chi connectivity index (χ1v) is 6.70. The molecule has 0 aliphatic rings. The van der Waals surface area contributed by atoms with Gasteiger partial charge in [0.1, 0.15) is 11.4 Å². The minimum absolute atomic E-state index is 0.357. The van der Waals surface area contributed by atoms with Gasteiger partial charge in [0, 0.05) is 6.07 Å². The average molecular weight is 381 g/mol. The molecule has 0 radical (unpaired) electrons. The van der Waals surface area contributed by atoms with Crippen LogP contribution in [-0.4, -0.2) is 10.8 Å². The Morgan fingerprint density at radius 1 is 1.16 bits per heavy atom. The first kappa shape index (κ1) is 18.6. The highest BCUT2D eigenvalue weighted by Gasteiger charge is 2.31. The van der Waals surface area contributed by atoms with Gasteiger partial charge in [0.2, 0.25) is 5.82 Å². The van der Waals surface area contributed by atoms with Crippen LogP contribution in [0.3, 0.4) is 0 Å². The van der Waals surface area contributed by atoms with Crippen LogP contribution in [-0.2, 0) is 6.18 Å². The molecular formula is C14H6ClF5N2O3. The van der Waals surface area contributed by atoms with Crippen molar-refractivity contribution >= 4 is 28.9 Å². The molecule has 2 rings (SSSR count). The van der Waals surface area contributed by atoms with Gasteiger partial charge in [0.05, 0.1) is 21.2 Å². The van der Waals surface area contributed by atoms with Gasteiger partial charge in [-0.3, -0.25) is 14.9 Å². The molecule has 1 amide bonds. The topological polar surface area (TPSA) is 72.2 Å². The van der Waals surface area contributed by atoms with E-state index in [1.165, 1.54) is 0 Å². The Hall–Kier alpha value is -2.75. The number of hydrogen-bond donors (Lipinski definition) is 1. The summed E-state index contributed by atoms with van der Waals surface area (Å²) in [6.45, 7) is 0. The Morgan fingerprint density at radius 2 is 1.80 bits per heavy atom. The minimum atomic E-state index is -4.68. The number of halogens is 6. The van der Waals surface area contributed by atoms with Gasteiger partial charge in [0.15, 0.2) is 0 Å². The maximum absolute atomic E-state index is 13.9. The monoisotopic (exact) mass is 380 g/mol. The van der Waals surface area contributed by atoms with Crippen LogP contribution in [0.15, 0.2) is 30.3 Å². The van der Waals surface area contributed by atoms with Gasteiger partial charge in [-0.25, -0.2) is 4.39 Å². The summed E-state index contributed by atoms with van der Waals surface area (Å²) in [5.41, 5.74) is -3.84. The Kier molecular flexibility index (Phi) is 4.93. The van der Waals surface area contributed by atoms with Gasteiger partial charge >= 0.3 is 11.9 Å². The van der Waals surface area contributed by atoms with E-state index in [2.05, 4.69) is 0 Å². The number of carbonyl (C=O) groups excluding carboxylic acids is 1. The number of nitro groups is 1. The molecule has 0 aliphatic carbocycles. The summed E-state index contributed by atoms with van der Waals surface area (Å²) in [4.78, 5) is 21.4. The lowest BCUT2D eigenvalue weighted by Crippen LogP contribution is -2.17. The van der Waals surface area contributed by atoms with Gasteiger partial charge in [-0.05, 0) is 24.3 Å². The van der Waals surface area contributed by atoms with E-state index in [4.69, 9.17) is 11.6 Å². The summed E-state index contributed by atoms with van der Waals surface area (Å²) in [6.07, 6.45) is -4.68. The number of alkyl halides is 3. The molecule has 1 N–H and O–H groups in total. The van der Waals surface area contributed by atoms with Crippen LogP contribution in [0, 0.1) is 21.7 Å². The Labute approximate surface area is 141 Å². The van der Waals surface area contributed by atoms with Crippen molar-refractivity contribution < 1.29 is 31.7 Å². The molecule has 0 heterocycles. The largest absolute Gasteiger partial charge is 0.416 e. The molecule has 2 aromatic rings. The summed E-state index contributed by atoms with van der Waals surface area (Å²) in [7, 11) is 0. The normalized spacial score (nSPS) is 11.3. The summed E-state index contributed by atoms with van der Waals surface area (Å²) < 4.78 is 65.2. The second-order valence-corrected chi connectivity index (χ2v) is 5.07. The van der Waals surface area contributed by atoms with Crippen molar-refractivity contribution in [2.75, 3.05) is 5.32 Å². The molecular weight excluding hydrogens is 375 g/mol. The summed E-state index contributed by atoms with van der Waals surface area (Å²) in [6, 6.07) is 2.95. The Morgan fingerprint density at radius 3 is 2.32 bits per heavy atom. The summed E-state index contributed by atoms with van der Waals surface area (Å²) >= 11 is 5.62. The van der Waals surface area contributed by atoms with Crippen molar-refractivity contribution in [3.05, 3.63) is 68.2 Å². The third kappa shape index (κ3) is 3.85. The summed E-state index contributed by atoms with van der Waals surface area (Å²) in [5, 5.41) is 12.0. The van der Waals surface area contributed by atoms with E-state index in [9.17, 15) is 36.9 Å². The van der Waals surface area contributed by atoms with Crippen molar-refractivity contribution in [3.63, 3.8) is 0 Å². The van der Waals surface area contributed by atoms with Crippen LogP contribution < -0.4 is 5.32 Å². The highest BCUT2D eigenvalue weighted by Crippen LogP contribution is 2.34. The van der Waals surface area contributed by atoms with E-state index in [1.54, 1.807) is 0 Å². The molecule has 0 atom stereocenters. The fraction of sp³-hybridized carbons (Fsp3) is 0.0714. The fourth-order valence-electron chi connectivity index (χ4n) is 1.87. The van der Waals surface area contributed by atoms with Crippen LogP contribution in [0.4, 0.5) is 33.3 Å². The van der Waals surface area contributed by atoms with Crippen LogP contribution in [0.5, 0.6) is 0 Å². The quantitative estimate of drug-likeness (QED) is 0.472. The number of hydrogen-bond acceptors (Lipinski definition) is 3. The van der Waals surface area contributed by atoms with Crippen molar-refractivity contribution in [2.45, 2.75) is 6.18 Å². The maximum atomic E-state index is 13.9. The molecule has 0 unspecified atom stereocenters. The molecule has 0 fully saturated rings. The molecule has 25 heavy (non-hydrogen) atoms. The van der Waals surface area contributed by atoms with E-state index in [1.807, 2.05) is 5.32 Å². The molecule has 2 aromatic carbocycles. The number of benzene rings is 2. The number of nitro benzene ring substituents is 1. The standard InChI is InChI=1S/C14H6ClF5N2O3/c15-7-5-6(14(18,19)20)1-3-9(7)21-13(23)11-8(16)2-4-10(12(11)17)22(24)25/h1-5H,(H,21,23). The third-order valence-corrected chi connectivity index (χ3v) is 3.35. The van der Waals surface area contributed by atoms with Gasteiger partial charge < -0.3 is 5.32 Å². The molecule has 0 aliphatic heterocycles. The van der Waals surface area contributed by atoms with Crippen molar-refractivity contribution in [1.29, 1.82) is 0 Å². The molecule has 0 bridgehead atoms. The lowest BCUT2D eigenvalue weighted by Gasteiger charge is -2.11. The molecule has 5 nitrogen and oxygen atoms in total. The van der Waals surface area contributed by atoms with Crippen LogP contribution in [0.1, 0.15) is 15.9 Å². The van der Waals surface area contributed by atoms with Crippen molar-refractivity contribution in [3.8, 4) is 0 Å². The van der Waals surface area contributed by atoms with Crippen LogP contribution in [0.25, 0.3) is 0 Å². The van der Waals surface area contributed by atoms with E-state index in [0.717, 1.165) is 6.07 Å². The smallest absolute Gasteiger partial charge is 0.320 e. The predicted octanol–water partition coefficient (Wildman–Crippen LogP) is 4.80. The Bertz CT molecular complexity index is 870. The van der Waals surface area contributed by atoms with E-state index in [-0.39, 0.29) is 5.69 Å². The second kappa shape index (κ2) is 6.63. The third-order valence-electron chi connectivity index (χ3n) is 3.04. The number of rotatable bonds is 3. The predicted molar refractivity (Wildman–Crippen MR) is 77.4 cm³/mol. The van der Waals surface area contributed by atoms with Crippen LogP contribution >= 0.6 is 11.6 Å². The Balaban J connectivity index is 2.38. The first-order chi connectivity index (χ1) is 11.5. The van der Waals surface area contributed by atoms with Gasteiger partial charge in [-0.1, -0.05) is 11.6 Å². The van der Waals surface area contributed by atoms with E-state index in [0.29, 0.717) is 24.3 Å². The number of nitrogens with one attached hydrogen (secondary N) is 1. The number of carbonyl (C=O) groups is 1. The zero-order chi connectivity index (χ0) is 18.9. The lowest BCUT2D eigenvalue weighted by molar-refractivity contribution is -0.387. The highest BCUT2D eigenvalue weighted by atomic mass is 35.5. The fourth-order valence-corrected chi connectivity index (χ4v) is 2.10. The van der Waals surface area contributed by atoms with E-state index < -0.39 is 50.5 Å². The van der Waals surface area contributed by atoms with Gasteiger partial charge in [-0.2, -0.15) is 17.6 Å². The zero-order valence-corrected chi connectivity index (χ0v) is 12.6. The highest BCUT2D eigenvalue weighted by molar-refractivity contribution is 6.34. The average Bonchev–Trinajstić information content (AvgIpc) is 2.47. The number of amides is 1. The van der Waals surface area contributed by atoms with Crippen molar-refractivity contribution in [1.82, 2.24) is 0 Å². The lowest BCUT2D eigenvalue weighted by atomic mass is 10.1. The molecule has 0 aromatic heterocycles. The maximum Gasteiger partial charge on any atom is 0.416 e. The first-order valence-electron chi connectivity index (χ1n) is 6.33. The second-order valence-electron chi connectivity index (χ2n) is 4.66. The van der Waals surface area contributed by atoms with E-state index >= 15 is 0 Å². The van der Waals surface area contributed by atoms with Gasteiger partial charge in [0.25, 0.3) is 5.91 Å². The molecule has 0 saturated heterocycles. The zero-order valence-electron chi connectivity index (χ0n) is 11.8. The minimum Gasteiger partial charge on any atom is -0.320 e. The van der Waals surface area contributed by atoms with Gasteiger partial charge in [-0.15, -0.1) is 0 Å². The number of anilines is 1. The summed E-state index contributed by atoms with van der Waals surface area (Å²) in [5.74, 6) is -4.55. The SMILES string of the molecule is O=C(Nc1ccc(C(F)(F)F)cc1Cl)c1c(F)ccc([N+](=O)[O-])c1F.